The van der Waals surface area contributed by atoms with Crippen LogP contribution in [0.3, 0.4) is 0 Å². The molecule has 2 nitrogen and oxygen atoms in total. The molecule has 1 aliphatic carbocycles. The van der Waals surface area contributed by atoms with Crippen LogP contribution in [0.2, 0.25) is 0 Å². The van der Waals surface area contributed by atoms with Gasteiger partial charge in [0.2, 0.25) is 0 Å². The molecule has 1 atom stereocenters. The van der Waals surface area contributed by atoms with Crippen LogP contribution in [0, 0.1) is 0 Å². The molecule has 0 spiro atoms. The highest BCUT2D eigenvalue weighted by molar-refractivity contribution is 7.84. The van der Waals surface area contributed by atoms with Gasteiger partial charge in [-0.15, -0.1) is 0 Å². The summed E-state index contributed by atoms with van der Waals surface area (Å²) in [5, 5.41) is 0. The summed E-state index contributed by atoms with van der Waals surface area (Å²) in [6.07, 6.45) is 5.13. The average molecular weight is 312 g/mol. The molecule has 0 saturated carbocycles. The molecule has 3 heteroatoms. The van der Waals surface area contributed by atoms with Crippen LogP contribution in [0.1, 0.15) is 30.4 Å². The fourth-order valence-electron chi connectivity index (χ4n) is 3.02. The molecule has 0 aliphatic heterocycles. The summed E-state index contributed by atoms with van der Waals surface area (Å²) < 4.78 is 16.7. The molecule has 1 unspecified atom stereocenters. The van der Waals surface area contributed by atoms with E-state index in [0.29, 0.717) is 0 Å². The van der Waals surface area contributed by atoms with Gasteiger partial charge in [-0.1, -0.05) is 24.3 Å². The fourth-order valence-corrected chi connectivity index (χ4v) is 3.54. The Hall–Kier alpha value is -1.87. The second-order valence-corrected chi connectivity index (χ2v) is 6.90. The Morgan fingerprint density at radius 2 is 1.36 bits per heavy atom. The van der Waals surface area contributed by atoms with E-state index >= 15 is 0 Å². The van der Waals surface area contributed by atoms with Crippen molar-refractivity contribution in [1.82, 2.24) is 0 Å². The molecular weight excluding hydrogens is 292 g/mol. The Balaban J connectivity index is 1.97. The highest BCUT2D eigenvalue weighted by atomic mass is 32.2. The Bertz CT molecular complexity index is 712. The lowest BCUT2D eigenvalue weighted by atomic mass is 9.97. The number of rotatable bonds is 4. The Morgan fingerprint density at radius 1 is 0.864 bits per heavy atom. The van der Waals surface area contributed by atoms with E-state index in [1.807, 2.05) is 24.3 Å². The standard InChI is InChI=1S/C19H20O2S/c1-21-16-10-6-14(7-11-16)18-4-3-5-19(18)15-8-12-17(13-9-15)22(2)20/h6-13H,3-5H2,1-2H3. The van der Waals surface area contributed by atoms with Crippen molar-refractivity contribution in [2.75, 3.05) is 13.4 Å². The summed E-state index contributed by atoms with van der Waals surface area (Å²) in [5.74, 6) is 0.888. The van der Waals surface area contributed by atoms with Crippen molar-refractivity contribution >= 4 is 21.9 Å². The van der Waals surface area contributed by atoms with Crippen molar-refractivity contribution in [1.29, 1.82) is 0 Å². The molecule has 0 fully saturated rings. The Labute approximate surface area is 134 Å². The first-order chi connectivity index (χ1) is 10.7. The second-order valence-electron chi connectivity index (χ2n) is 5.52. The van der Waals surface area contributed by atoms with Crippen molar-refractivity contribution in [3.63, 3.8) is 0 Å². The second kappa shape index (κ2) is 6.49. The van der Waals surface area contributed by atoms with Gasteiger partial charge in [0, 0.05) is 22.0 Å². The predicted molar refractivity (Wildman–Crippen MR) is 92.4 cm³/mol. The van der Waals surface area contributed by atoms with Gasteiger partial charge in [0.05, 0.1) is 7.11 Å². The van der Waals surface area contributed by atoms with Crippen molar-refractivity contribution in [2.45, 2.75) is 24.2 Å². The molecule has 0 N–H and O–H groups in total. The molecule has 0 amide bonds. The topological polar surface area (TPSA) is 26.3 Å². The van der Waals surface area contributed by atoms with Gasteiger partial charge < -0.3 is 4.74 Å². The van der Waals surface area contributed by atoms with Gasteiger partial charge in [-0.25, -0.2) is 0 Å². The molecule has 3 rings (SSSR count). The summed E-state index contributed by atoms with van der Waals surface area (Å²) in [5.41, 5.74) is 5.36. The number of methoxy groups -OCH3 is 1. The highest BCUT2D eigenvalue weighted by Crippen LogP contribution is 2.40. The summed E-state index contributed by atoms with van der Waals surface area (Å²) in [6, 6.07) is 16.4. The molecular formula is C19H20O2S. The van der Waals surface area contributed by atoms with Gasteiger partial charge in [0.15, 0.2) is 0 Å². The summed E-state index contributed by atoms with van der Waals surface area (Å²) >= 11 is 0. The molecule has 2 aromatic rings. The predicted octanol–water partition coefficient (Wildman–Crippen LogP) is 4.53. The maximum atomic E-state index is 11.5. The van der Waals surface area contributed by atoms with Crippen LogP contribution in [0.4, 0.5) is 0 Å². The summed E-state index contributed by atoms with van der Waals surface area (Å²) in [7, 11) is 0.772. The minimum atomic E-state index is -0.917. The fraction of sp³-hybridized carbons (Fsp3) is 0.263. The zero-order valence-electron chi connectivity index (χ0n) is 13.0. The molecule has 114 valence electrons. The lowest BCUT2D eigenvalue weighted by Crippen LogP contribution is -1.90. The Kier molecular flexibility index (Phi) is 4.44. The van der Waals surface area contributed by atoms with E-state index < -0.39 is 10.8 Å². The van der Waals surface area contributed by atoms with E-state index in [4.69, 9.17) is 4.74 Å². The van der Waals surface area contributed by atoms with Crippen LogP contribution in [0.15, 0.2) is 53.4 Å². The number of allylic oxidation sites excluding steroid dienone is 2. The van der Waals surface area contributed by atoms with Gasteiger partial charge in [-0.05, 0) is 65.8 Å². The molecule has 1 aliphatic rings. The number of ether oxygens (including phenoxy) is 1. The van der Waals surface area contributed by atoms with Crippen LogP contribution in [0.25, 0.3) is 11.1 Å². The summed E-state index contributed by atoms with van der Waals surface area (Å²) in [6.45, 7) is 0. The Morgan fingerprint density at radius 3 is 1.82 bits per heavy atom. The van der Waals surface area contributed by atoms with Gasteiger partial charge in [-0.2, -0.15) is 0 Å². The number of hydrogen-bond donors (Lipinski definition) is 0. The number of benzene rings is 2. The average Bonchev–Trinajstić information content (AvgIpc) is 3.04. The molecule has 0 aromatic heterocycles. The van der Waals surface area contributed by atoms with Crippen molar-refractivity contribution in [2.24, 2.45) is 0 Å². The maximum absolute atomic E-state index is 11.5. The van der Waals surface area contributed by atoms with Crippen molar-refractivity contribution < 1.29 is 8.95 Å². The van der Waals surface area contributed by atoms with Gasteiger partial charge in [0.25, 0.3) is 0 Å². The van der Waals surface area contributed by atoms with E-state index in [0.717, 1.165) is 23.5 Å². The molecule has 0 saturated heterocycles. The molecule has 0 bridgehead atoms. The molecule has 22 heavy (non-hydrogen) atoms. The van der Waals surface area contributed by atoms with E-state index in [1.165, 1.54) is 28.7 Å². The number of hydrogen-bond acceptors (Lipinski definition) is 2. The van der Waals surface area contributed by atoms with Crippen LogP contribution in [-0.4, -0.2) is 17.6 Å². The summed E-state index contributed by atoms with van der Waals surface area (Å²) in [4.78, 5) is 0.883. The van der Waals surface area contributed by atoms with E-state index in [2.05, 4.69) is 24.3 Å². The van der Waals surface area contributed by atoms with Gasteiger partial charge in [0.1, 0.15) is 5.75 Å². The smallest absolute Gasteiger partial charge is 0.118 e. The zero-order chi connectivity index (χ0) is 15.5. The normalized spacial score (nSPS) is 15.9. The maximum Gasteiger partial charge on any atom is 0.118 e. The van der Waals surface area contributed by atoms with Crippen LogP contribution in [-0.2, 0) is 10.8 Å². The van der Waals surface area contributed by atoms with Crippen LogP contribution < -0.4 is 4.74 Å². The van der Waals surface area contributed by atoms with E-state index in [1.54, 1.807) is 13.4 Å². The third kappa shape index (κ3) is 3.00. The monoisotopic (exact) mass is 312 g/mol. The van der Waals surface area contributed by atoms with Gasteiger partial charge >= 0.3 is 0 Å². The van der Waals surface area contributed by atoms with E-state index in [9.17, 15) is 4.21 Å². The van der Waals surface area contributed by atoms with Crippen molar-refractivity contribution in [3.8, 4) is 5.75 Å². The third-order valence-corrected chi connectivity index (χ3v) is 5.13. The highest BCUT2D eigenvalue weighted by Gasteiger charge is 2.17. The minimum Gasteiger partial charge on any atom is -0.497 e. The SMILES string of the molecule is COc1ccc(C2=C(c3ccc(S(C)=O)cc3)CCC2)cc1. The first-order valence-corrected chi connectivity index (χ1v) is 9.05. The van der Waals surface area contributed by atoms with Crippen LogP contribution in [0.5, 0.6) is 5.75 Å². The van der Waals surface area contributed by atoms with E-state index in [-0.39, 0.29) is 0 Å². The molecule has 2 aromatic carbocycles. The van der Waals surface area contributed by atoms with Gasteiger partial charge in [-0.3, -0.25) is 4.21 Å². The zero-order valence-corrected chi connectivity index (χ0v) is 13.8. The third-order valence-electron chi connectivity index (χ3n) is 4.19. The lowest BCUT2D eigenvalue weighted by Gasteiger charge is -2.10. The minimum absolute atomic E-state index is 0.883. The van der Waals surface area contributed by atoms with Crippen molar-refractivity contribution in [3.05, 3.63) is 59.7 Å². The quantitative estimate of drug-likeness (QED) is 0.829. The first kappa shape index (κ1) is 15.0. The molecule has 0 radical (unpaired) electrons. The van der Waals surface area contributed by atoms with Crippen LogP contribution >= 0.6 is 0 Å². The first-order valence-electron chi connectivity index (χ1n) is 7.49. The lowest BCUT2D eigenvalue weighted by molar-refractivity contribution is 0.415. The molecule has 0 heterocycles. The largest absolute Gasteiger partial charge is 0.497 e.